The summed E-state index contributed by atoms with van der Waals surface area (Å²) < 4.78 is 19.2. The van der Waals surface area contributed by atoms with E-state index < -0.39 is 17.6 Å². The number of carbonyl (C=O) groups excluding carboxylic acids is 2. The van der Waals surface area contributed by atoms with Gasteiger partial charge in [-0.05, 0) is 36.8 Å². The van der Waals surface area contributed by atoms with Crippen molar-refractivity contribution in [2.24, 2.45) is 0 Å². The number of quaternary nitrogens is 1. The quantitative estimate of drug-likeness (QED) is 0.597. The smallest absolute Gasteiger partial charge is 0.313 e. The fourth-order valence-electron chi connectivity index (χ4n) is 3.62. The SMILES string of the molecule is Cc1ccc(NC(=O)C(=O)NC[C@H](c2ccc(N(C)C)cc2)[NH+]2CCOCC2)cc1F. The largest absolute Gasteiger partial charge is 0.378 e. The average molecular weight is 430 g/mol. The molecule has 2 aromatic carbocycles. The highest BCUT2D eigenvalue weighted by Gasteiger charge is 2.28. The summed E-state index contributed by atoms with van der Waals surface area (Å²) in [7, 11) is 3.97. The lowest BCUT2D eigenvalue weighted by atomic mass is 10.0. The minimum absolute atomic E-state index is 0.00585. The average Bonchev–Trinajstić information content (AvgIpc) is 2.77. The van der Waals surface area contributed by atoms with Gasteiger partial charge in [-0.25, -0.2) is 4.39 Å². The Hall–Kier alpha value is -2.97. The highest BCUT2D eigenvalue weighted by atomic mass is 19.1. The predicted octanol–water partition coefficient (Wildman–Crippen LogP) is 0.911. The molecule has 0 spiro atoms. The molecule has 1 fully saturated rings. The molecule has 0 saturated carbocycles. The molecule has 0 unspecified atom stereocenters. The van der Waals surface area contributed by atoms with E-state index in [4.69, 9.17) is 4.74 Å². The van der Waals surface area contributed by atoms with Crippen molar-refractivity contribution in [3.05, 3.63) is 59.4 Å². The zero-order valence-electron chi connectivity index (χ0n) is 18.2. The van der Waals surface area contributed by atoms with Gasteiger partial charge in [0, 0.05) is 31.0 Å². The van der Waals surface area contributed by atoms with Crippen LogP contribution in [0.5, 0.6) is 0 Å². The lowest BCUT2D eigenvalue weighted by Gasteiger charge is -2.32. The van der Waals surface area contributed by atoms with Crippen LogP contribution >= 0.6 is 0 Å². The summed E-state index contributed by atoms with van der Waals surface area (Å²) in [5, 5.41) is 5.19. The number of amides is 2. The second-order valence-electron chi connectivity index (χ2n) is 7.94. The van der Waals surface area contributed by atoms with Crippen LogP contribution < -0.4 is 20.4 Å². The van der Waals surface area contributed by atoms with E-state index in [2.05, 4.69) is 22.8 Å². The number of hydrogen-bond donors (Lipinski definition) is 3. The Kier molecular flexibility index (Phi) is 7.59. The number of ether oxygens (including phenoxy) is 1. The zero-order chi connectivity index (χ0) is 22.4. The van der Waals surface area contributed by atoms with Crippen LogP contribution in [0.4, 0.5) is 15.8 Å². The third-order valence-electron chi connectivity index (χ3n) is 5.54. The summed E-state index contributed by atoms with van der Waals surface area (Å²) in [6.07, 6.45) is 0. The van der Waals surface area contributed by atoms with E-state index in [-0.39, 0.29) is 11.7 Å². The van der Waals surface area contributed by atoms with Crippen LogP contribution in [0.25, 0.3) is 0 Å². The molecule has 31 heavy (non-hydrogen) atoms. The third kappa shape index (κ3) is 6.02. The van der Waals surface area contributed by atoms with Crippen LogP contribution in [0.2, 0.25) is 0 Å². The molecule has 166 valence electrons. The molecule has 1 saturated heterocycles. The highest BCUT2D eigenvalue weighted by Crippen LogP contribution is 2.17. The molecule has 7 nitrogen and oxygen atoms in total. The number of morpholine rings is 1. The van der Waals surface area contributed by atoms with Gasteiger partial charge in [-0.15, -0.1) is 0 Å². The van der Waals surface area contributed by atoms with Gasteiger partial charge in [-0.3, -0.25) is 9.59 Å². The zero-order valence-corrected chi connectivity index (χ0v) is 18.2. The first-order chi connectivity index (χ1) is 14.8. The van der Waals surface area contributed by atoms with E-state index in [0.29, 0.717) is 25.3 Å². The number of carbonyl (C=O) groups is 2. The fraction of sp³-hybridized carbons (Fsp3) is 0.391. The number of rotatable bonds is 6. The van der Waals surface area contributed by atoms with Crippen LogP contribution in [-0.4, -0.2) is 58.8 Å². The molecule has 0 aromatic heterocycles. The number of halogens is 1. The van der Waals surface area contributed by atoms with Gasteiger partial charge < -0.3 is 25.2 Å². The molecule has 1 atom stereocenters. The Labute approximate surface area is 182 Å². The Bertz CT molecular complexity index is 912. The Morgan fingerprint density at radius 3 is 2.39 bits per heavy atom. The van der Waals surface area contributed by atoms with E-state index in [1.165, 1.54) is 11.0 Å². The Morgan fingerprint density at radius 1 is 1.10 bits per heavy atom. The second-order valence-corrected chi connectivity index (χ2v) is 7.94. The normalized spacial score (nSPS) is 15.2. The summed E-state index contributed by atoms with van der Waals surface area (Å²) in [4.78, 5) is 28.0. The first-order valence-corrected chi connectivity index (χ1v) is 10.4. The van der Waals surface area contributed by atoms with Crippen LogP contribution in [-0.2, 0) is 14.3 Å². The molecule has 1 aliphatic heterocycles. The first-order valence-electron chi connectivity index (χ1n) is 10.4. The standard InChI is InChI=1S/C23H29FN4O3/c1-16-4-7-18(14-20(16)24)26-23(30)22(29)25-15-21(28-10-12-31-13-11-28)17-5-8-19(9-6-17)27(2)3/h4-9,14,21H,10-13,15H2,1-3H3,(H,25,29)(H,26,30)/p+1/t21-/m1/s1. The number of anilines is 2. The number of aryl methyl sites for hydroxylation is 1. The van der Waals surface area contributed by atoms with Crippen molar-refractivity contribution in [1.82, 2.24) is 5.32 Å². The van der Waals surface area contributed by atoms with Crippen molar-refractivity contribution in [1.29, 1.82) is 0 Å². The topological polar surface area (TPSA) is 75.1 Å². The van der Waals surface area contributed by atoms with Crippen molar-refractivity contribution < 1.29 is 23.6 Å². The fourth-order valence-corrected chi connectivity index (χ4v) is 3.62. The van der Waals surface area contributed by atoms with E-state index >= 15 is 0 Å². The maximum Gasteiger partial charge on any atom is 0.313 e. The first kappa shape index (κ1) is 22.7. The van der Waals surface area contributed by atoms with E-state index in [0.717, 1.165) is 24.3 Å². The van der Waals surface area contributed by atoms with E-state index in [1.54, 1.807) is 19.1 Å². The molecule has 0 bridgehead atoms. The van der Waals surface area contributed by atoms with Crippen molar-refractivity contribution in [2.45, 2.75) is 13.0 Å². The molecule has 8 heteroatoms. The van der Waals surface area contributed by atoms with E-state index in [9.17, 15) is 14.0 Å². The van der Waals surface area contributed by atoms with Gasteiger partial charge in [0.25, 0.3) is 0 Å². The number of benzene rings is 2. The minimum atomic E-state index is -0.818. The lowest BCUT2D eigenvalue weighted by Crippen LogP contribution is -3.15. The van der Waals surface area contributed by atoms with Gasteiger partial charge >= 0.3 is 11.8 Å². The Morgan fingerprint density at radius 2 is 1.77 bits per heavy atom. The molecular formula is C23H30FN4O3+. The third-order valence-corrected chi connectivity index (χ3v) is 5.54. The predicted molar refractivity (Wildman–Crippen MR) is 118 cm³/mol. The van der Waals surface area contributed by atoms with Gasteiger partial charge in [0.15, 0.2) is 0 Å². The van der Waals surface area contributed by atoms with Crippen LogP contribution in [0.3, 0.4) is 0 Å². The van der Waals surface area contributed by atoms with Crippen molar-refractivity contribution in [3.63, 3.8) is 0 Å². The van der Waals surface area contributed by atoms with Crippen LogP contribution in [0, 0.1) is 12.7 Å². The Balaban J connectivity index is 1.66. The maximum absolute atomic E-state index is 13.7. The van der Waals surface area contributed by atoms with Crippen LogP contribution in [0.1, 0.15) is 17.2 Å². The van der Waals surface area contributed by atoms with Gasteiger partial charge in [-0.2, -0.15) is 0 Å². The molecular weight excluding hydrogens is 399 g/mol. The summed E-state index contributed by atoms with van der Waals surface area (Å²) >= 11 is 0. The van der Waals surface area contributed by atoms with Crippen LogP contribution in [0.15, 0.2) is 42.5 Å². The van der Waals surface area contributed by atoms with Gasteiger partial charge in [0.2, 0.25) is 0 Å². The number of nitrogens with zero attached hydrogens (tertiary/aromatic N) is 1. The molecule has 1 heterocycles. The number of hydrogen-bond acceptors (Lipinski definition) is 4. The molecule has 3 N–H and O–H groups in total. The highest BCUT2D eigenvalue weighted by molar-refractivity contribution is 6.39. The molecule has 0 aliphatic carbocycles. The minimum Gasteiger partial charge on any atom is -0.378 e. The molecule has 2 amide bonds. The summed E-state index contributed by atoms with van der Waals surface area (Å²) in [5.41, 5.74) is 2.90. The number of nitrogens with one attached hydrogen (secondary N) is 3. The van der Waals surface area contributed by atoms with Gasteiger partial charge in [0.1, 0.15) is 24.9 Å². The van der Waals surface area contributed by atoms with Gasteiger partial charge in [0.05, 0.1) is 19.8 Å². The second kappa shape index (κ2) is 10.4. The summed E-state index contributed by atoms with van der Waals surface area (Å²) in [5.74, 6) is -2.00. The molecule has 1 aliphatic rings. The summed E-state index contributed by atoms with van der Waals surface area (Å²) in [6, 6.07) is 12.5. The lowest BCUT2D eigenvalue weighted by molar-refractivity contribution is -0.937. The maximum atomic E-state index is 13.7. The van der Waals surface area contributed by atoms with E-state index in [1.807, 2.05) is 31.1 Å². The van der Waals surface area contributed by atoms with Crippen molar-refractivity contribution >= 4 is 23.2 Å². The van der Waals surface area contributed by atoms with Gasteiger partial charge in [-0.1, -0.05) is 18.2 Å². The molecule has 3 rings (SSSR count). The van der Waals surface area contributed by atoms with Crippen molar-refractivity contribution in [2.75, 3.05) is 57.2 Å². The van der Waals surface area contributed by atoms with Crippen molar-refractivity contribution in [3.8, 4) is 0 Å². The summed E-state index contributed by atoms with van der Waals surface area (Å²) in [6.45, 7) is 4.91. The molecule has 0 radical (unpaired) electrons. The molecule has 2 aromatic rings. The monoisotopic (exact) mass is 429 g/mol.